The molecule has 0 saturated carbocycles. The van der Waals surface area contributed by atoms with E-state index in [-0.39, 0.29) is 9.56 Å². The normalized spacial score (nSPS) is 11.6. The van der Waals surface area contributed by atoms with Gasteiger partial charge in [-0.15, -0.1) is 0 Å². The lowest BCUT2D eigenvalue weighted by molar-refractivity contribution is 0.470. The van der Waals surface area contributed by atoms with Crippen molar-refractivity contribution >= 4 is 47.6 Å². The molecule has 0 aliphatic heterocycles. The van der Waals surface area contributed by atoms with Gasteiger partial charge in [0.15, 0.2) is 4.67 Å². The third-order valence-electron chi connectivity index (χ3n) is 2.86. The van der Waals surface area contributed by atoms with Crippen LogP contribution in [0.5, 0.6) is 0 Å². The van der Waals surface area contributed by atoms with Crippen LogP contribution in [0.1, 0.15) is 11.3 Å². The smallest absolute Gasteiger partial charge is 0.266 e. The molecule has 1 heterocycles. The van der Waals surface area contributed by atoms with Gasteiger partial charge < -0.3 is 9.73 Å². The predicted molar refractivity (Wildman–Crippen MR) is 88.9 cm³/mol. The van der Waals surface area contributed by atoms with E-state index in [9.17, 15) is 8.42 Å². The lowest BCUT2D eigenvalue weighted by atomic mass is 10.2. The van der Waals surface area contributed by atoms with Gasteiger partial charge in [0.2, 0.25) is 0 Å². The van der Waals surface area contributed by atoms with Crippen LogP contribution in [0.2, 0.25) is 0 Å². The van der Waals surface area contributed by atoms with Crippen LogP contribution in [0.15, 0.2) is 42.7 Å². The first-order valence-corrected chi connectivity index (χ1v) is 9.13. The standard InChI is InChI=1S/C13H14Br2N2O3S/c1-8-10(14)4-3-5-11(8)17-21(18,19)12-6-9(7-16-2)20-13(12)15/h3-6,16-17H,7H2,1-2H3. The summed E-state index contributed by atoms with van der Waals surface area (Å²) < 4.78 is 33.9. The second-order valence-electron chi connectivity index (χ2n) is 4.40. The maximum atomic E-state index is 12.5. The molecular formula is C13H14Br2N2O3S. The van der Waals surface area contributed by atoms with Gasteiger partial charge in [-0.1, -0.05) is 22.0 Å². The van der Waals surface area contributed by atoms with E-state index in [0.717, 1.165) is 10.0 Å². The highest BCUT2D eigenvalue weighted by Crippen LogP contribution is 2.30. The van der Waals surface area contributed by atoms with E-state index in [1.807, 2.05) is 13.0 Å². The fourth-order valence-corrected chi connectivity index (χ4v) is 4.25. The Morgan fingerprint density at radius 2 is 2.00 bits per heavy atom. The molecule has 0 saturated heterocycles. The third-order valence-corrected chi connectivity index (χ3v) is 5.94. The third kappa shape index (κ3) is 3.68. The molecule has 0 aliphatic rings. The van der Waals surface area contributed by atoms with E-state index in [1.54, 1.807) is 19.2 Å². The van der Waals surface area contributed by atoms with Crippen molar-refractivity contribution in [1.82, 2.24) is 5.32 Å². The van der Waals surface area contributed by atoms with Gasteiger partial charge in [0.1, 0.15) is 10.7 Å². The van der Waals surface area contributed by atoms with Crippen molar-refractivity contribution in [3.8, 4) is 0 Å². The molecule has 0 atom stereocenters. The highest BCUT2D eigenvalue weighted by atomic mass is 79.9. The van der Waals surface area contributed by atoms with Crippen LogP contribution < -0.4 is 10.0 Å². The lowest BCUT2D eigenvalue weighted by Crippen LogP contribution is -2.13. The molecule has 1 aromatic carbocycles. The van der Waals surface area contributed by atoms with Gasteiger partial charge in [-0.2, -0.15) is 0 Å². The Kier molecular flexibility index (Phi) is 5.13. The van der Waals surface area contributed by atoms with Gasteiger partial charge >= 0.3 is 0 Å². The Bertz CT molecular complexity index is 757. The Morgan fingerprint density at radius 1 is 1.29 bits per heavy atom. The van der Waals surface area contributed by atoms with Gasteiger partial charge in [-0.25, -0.2) is 8.42 Å². The van der Waals surface area contributed by atoms with Crippen molar-refractivity contribution < 1.29 is 12.8 Å². The largest absolute Gasteiger partial charge is 0.451 e. The minimum Gasteiger partial charge on any atom is -0.451 e. The van der Waals surface area contributed by atoms with E-state index in [4.69, 9.17) is 4.42 Å². The van der Waals surface area contributed by atoms with Crippen LogP contribution in [-0.2, 0) is 16.6 Å². The van der Waals surface area contributed by atoms with E-state index in [2.05, 4.69) is 41.9 Å². The van der Waals surface area contributed by atoms with Crippen LogP contribution in [-0.4, -0.2) is 15.5 Å². The highest BCUT2D eigenvalue weighted by Gasteiger charge is 2.23. The maximum absolute atomic E-state index is 12.5. The number of anilines is 1. The minimum atomic E-state index is -3.72. The molecule has 5 nitrogen and oxygen atoms in total. The zero-order valence-electron chi connectivity index (χ0n) is 11.4. The summed E-state index contributed by atoms with van der Waals surface area (Å²) in [5.41, 5.74) is 1.34. The lowest BCUT2D eigenvalue weighted by Gasteiger charge is -2.10. The Morgan fingerprint density at radius 3 is 2.67 bits per heavy atom. The second-order valence-corrected chi connectivity index (χ2v) is 7.62. The van der Waals surface area contributed by atoms with Crippen molar-refractivity contribution in [2.45, 2.75) is 18.4 Å². The minimum absolute atomic E-state index is 0.0760. The average Bonchev–Trinajstić information content (AvgIpc) is 2.77. The number of nitrogens with one attached hydrogen (secondary N) is 2. The average molecular weight is 438 g/mol. The van der Waals surface area contributed by atoms with Gasteiger partial charge in [-0.05, 0) is 47.6 Å². The molecule has 0 fully saturated rings. The van der Waals surface area contributed by atoms with E-state index in [0.29, 0.717) is 18.0 Å². The van der Waals surface area contributed by atoms with E-state index < -0.39 is 10.0 Å². The van der Waals surface area contributed by atoms with Gasteiger partial charge in [0, 0.05) is 10.5 Å². The summed E-state index contributed by atoms with van der Waals surface area (Å²) >= 11 is 6.52. The summed E-state index contributed by atoms with van der Waals surface area (Å²) in [5, 5.41) is 2.91. The number of rotatable bonds is 5. The fourth-order valence-electron chi connectivity index (χ4n) is 1.76. The number of halogens is 2. The van der Waals surface area contributed by atoms with Crippen LogP contribution in [0, 0.1) is 6.92 Å². The predicted octanol–water partition coefficient (Wildman–Crippen LogP) is 3.63. The Balaban J connectivity index is 2.36. The fraction of sp³-hybridized carbons (Fsp3) is 0.231. The van der Waals surface area contributed by atoms with Gasteiger partial charge in [0.25, 0.3) is 10.0 Å². The number of sulfonamides is 1. The van der Waals surface area contributed by atoms with E-state index >= 15 is 0 Å². The Hall–Kier alpha value is -0.830. The summed E-state index contributed by atoms with van der Waals surface area (Å²) in [7, 11) is -1.96. The highest BCUT2D eigenvalue weighted by molar-refractivity contribution is 9.10. The van der Waals surface area contributed by atoms with Crippen molar-refractivity contribution in [2.75, 3.05) is 11.8 Å². The first-order valence-electron chi connectivity index (χ1n) is 6.06. The van der Waals surface area contributed by atoms with Crippen molar-refractivity contribution in [2.24, 2.45) is 0 Å². The first kappa shape index (κ1) is 16.5. The summed E-state index contributed by atoms with van der Waals surface area (Å²) in [6.07, 6.45) is 0. The molecule has 0 unspecified atom stereocenters. The summed E-state index contributed by atoms with van der Waals surface area (Å²) in [6, 6.07) is 6.83. The maximum Gasteiger partial charge on any atom is 0.266 e. The molecule has 0 bridgehead atoms. The van der Waals surface area contributed by atoms with Crippen LogP contribution in [0.4, 0.5) is 5.69 Å². The van der Waals surface area contributed by atoms with E-state index in [1.165, 1.54) is 6.07 Å². The summed E-state index contributed by atoms with van der Waals surface area (Å²) in [5.74, 6) is 0.538. The molecule has 2 rings (SSSR count). The topological polar surface area (TPSA) is 71.3 Å². The van der Waals surface area contributed by atoms with Gasteiger partial charge in [-0.3, -0.25) is 4.72 Å². The molecule has 21 heavy (non-hydrogen) atoms. The van der Waals surface area contributed by atoms with Gasteiger partial charge in [0.05, 0.1) is 12.2 Å². The number of benzene rings is 1. The SMILES string of the molecule is CNCc1cc(S(=O)(=O)Nc2cccc(Br)c2C)c(Br)o1. The zero-order valence-corrected chi connectivity index (χ0v) is 15.4. The monoisotopic (exact) mass is 436 g/mol. The number of furan rings is 1. The molecule has 114 valence electrons. The molecular weight excluding hydrogens is 424 g/mol. The second kappa shape index (κ2) is 6.51. The molecule has 0 aliphatic carbocycles. The Labute approximate surface area is 140 Å². The van der Waals surface area contributed by atoms with Crippen LogP contribution >= 0.6 is 31.9 Å². The molecule has 0 radical (unpaired) electrons. The van der Waals surface area contributed by atoms with Crippen molar-refractivity contribution in [3.63, 3.8) is 0 Å². The molecule has 0 amide bonds. The molecule has 2 aromatic rings. The molecule has 2 N–H and O–H groups in total. The van der Waals surface area contributed by atoms with Crippen molar-refractivity contribution in [1.29, 1.82) is 0 Å². The molecule has 0 spiro atoms. The first-order chi connectivity index (χ1) is 9.85. The summed E-state index contributed by atoms with van der Waals surface area (Å²) in [6.45, 7) is 2.28. The van der Waals surface area contributed by atoms with Crippen molar-refractivity contribution in [3.05, 3.63) is 44.7 Å². The zero-order chi connectivity index (χ0) is 15.6. The quantitative estimate of drug-likeness (QED) is 0.749. The van der Waals surface area contributed by atoms with Crippen LogP contribution in [0.25, 0.3) is 0 Å². The summed E-state index contributed by atoms with van der Waals surface area (Å²) in [4.78, 5) is 0.0760. The molecule has 8 heteroatoms. The molecule has 1 aromatic heterocycles. The number of hydrogen-bond acceptors (Lipinski definition) is 4. The number of hydrogen-bond donors (Lipinski definition) is 2. The van der Waals surface area contributed by atoms with Crippen LogP contribution in [0.3, 0.4) is 0 Å².